The van der Waals surface area contributed by atoms with Gasteiger partial charge in [0.2, 0.25) is 0 Å². The van der Waals surface area contributed by atoms with Gasteiger partial charge in [0, 0.05) is 12.3 Å². The lowest BCUT2D eigenvalue weighted by Gasteiger charge is -2.33. The maximum Gasteiger partial charge on any atom is 0.136 e. The second-order valence-electron chi connectivity index (χ2n) is 4.50. The molecule has 1 aliphatic rings. The molecule has 2 atom stereocenters. The highest BCUT2D eigenvalue weighted by atomic mass is 16.3. The Balaban J connectivity index is 2.57. The molecule has 1 fully saturated rings. The van der Waals surface area contributed by atoms with E-state index < -0.39 is 5.60 Å². The van der Waals surface area contributed by atoms with E-state index >= 15 is 0 Å². The monoisotopic (exact) mass is 170 g/mol. The Kier molecular flexibility index (Phi) is 2.57. The summed E-state index contributed by atoms with van der Waals surface area (Å²) in [5, 5.41) is 9.69. The van der Waals surface area contributed by atoms with Crippen molar-refractivity contribution in [2.75, 3.05) is 0 Å². The van der Waals surface area contributed by atoms with E-state index in [-0.39, 0.29) is 11.8 Å². The average Bonchev–Trinajstić information content (AvgIpc) is 1.92. The third-order valence-corrected chi connectivity index (χ3v) is 2.94. The highest BCUT2D eigenvalue weighted by molar-refractivity contribution is 5.81. The number of rotatable bonds is 1. The molecule has 70 valence electrons. The van der Waals surface area contributed by atoms with E-state index in [1.807, 2.05) is 6.92 Å². The van der Waals surface area contributed by atoms with Gasteiger partial charge in [-0.15, -0.1) is 0 Å². The van der Waals surface area contributed by atoms with Crippen molar-refractivity contribution in [3.05, 3.63) is 0 Å². The molecule has 0 amide bonds. The highest BCUT2D eigenvalue weighted by Crippen LogP contribution is 2.32. The average molecular weight is 170 g/mol. The standard InChI is InChI=1S/C10H18O2/c1-7-4-5-8(6-9(7)11)10(2,3)12/h7-8,12H,4-6H2,1-3H3/t7-,8-/m0/s1. The second kappa shape index (κ2) is 3.17. The lowest BCUT2D eigenvalue weighted by molar-refractivity contribution is -0.129. The predicted octanol–water partition coefficient (Wildman–Crippen LogP) is 1.76. The van der Waals surface area contributed by atoms with Crippen molar-refractivity contribution in [3.63, 3.8) is 0 Å². The molecule has 12 heavy (non-hydrogen) atoms. The minimum Gasteiger partial charge on any atom is -0.390 e. The molecule has 2 heteroatoms. The van der Waals surface area contributed by atoms with E-state index in [1.165, 1.54) is 0 Å². The Labute approximate surface area is 74.0 Å². The first kappa shape index (κ1) is 9.72. The Morgan fingerprint density at radius 3 is 2.42 bits per heavy atom. The van der Waals surface area contributed by atoms with Crippen LogP contribution in [-0.4, -0.2) is 16.5 Å². The van der Waals surface area contributed by atoms with Crippen LogP contribution in [0.1, 0.15) is 40.0 Å². The molecule has 0 aromatic heterocycles. The van der Waals surface area contributed by atoms with Crippen LogP contribution >= 0.6 is 0 Å². The molecule has 0 unspecified atom stereocenters. The van der Waals surface area contributed by atoms with Gasteiger partial charge in [0.05, 0.1) is 5.60 Å². The second-order valence-corrected chi connectivity index (χ2v) is 4.50. The van der Waals surface area contributed by atoms with Gasteiger partial charge in [0.1, 0.15) is 5.78 Å². The summed E-state index contributed by atoms with van der Waals surface area (Å²) in [5.41, 5.74) is -0.685. The van der Waals surface area contributed by atoms with Crippen LogP contribution in [0.4, 0.5) is 0 Å². The lowest BCUT2D eigenvalue weighted by atomic mass is 9.75. The molecule has 0 aromatic rings. The summed E-state index contributed by atoms with van der Waals surface area (Å²) in [5.74, 6) is 0.693. The van der Waals surface area contributed by atoms with Crippen molar-refractivity contribution >= 4 is 5.78 Å². The first-order valence-corrected chi connectivity index (χ1v) is 4.66. The van der Waals surface area contributed by atoms with Gasteiger partial charge in [0.15, 0.2) is 0 Å². The van der Waals surface area contributed by atoms with E-state index in [0.29, 0.717) is 12.2 Å². The normalized spacial score (nSPS) is 32.2. The van der Waals surface area contributed by atoms with Crippen LogP contribution in [0.25, 0.3) is 0 Å². The Morgan fingerprint density at radius 2 is 2.00 bits per heavy atom. The molecule has 1 saturated carbocycles. The first-order valence-electron chi connectivity index (χ1n) is 4.66. The van der Waals surface area contributed by atoms with Crippen LogP contribution < -0.4 is 0 Å². The van der Waals surface area contributed by atoms with E-state index in [9.17, 15) is 9.90 Å². The van der Waals surface area contributed by atoms with Gasteiger partial charge in [-0.1, -0.05) is 6.92 Å². The number of hydrogen-bond acceptors (Lipinski definition) is 2. The van der Waals surface area contributed by atoms with Crippen molar-refractivity contribution in [1.29, 1.82) is 0 Å². The number of carbonyl (C=O) groups is 1. The molecule has 0 saturated heterocycles. The third kappa shape index (κ3) is 2.07. The molecule has 1 aliphatic carbocycles. The van der Waals surface area contributed by atoms with Gasteiger partial charge in [0.25, 0.3) is 0 Å². The highest BCUT2D eigenvalue weighted by Gasteiger charge is 2.34. The van der Waals surface area contributed by atoms with Crippen molar-refractivity contribution in [2.45, 2.75) is 45.6 Å². The SMILES string of the molecule is C[C@H]1CC[C@H](C(C)(C)O)CC1=O. The van der Waals surface area contributed by atoms with Crippen LogP contribution in [-0.2, 0) is 4.79 Å². The maximum atomic E-state index is 11.3. The molecule has 1 N–H and O–H groups in total. The maximum absolute atomic E-state index is 11.3. The van der Waals surface area contributed by atoms with Gasteiger partial charge in [-0.3, -0.25) is 4.79 Å². The molecule has 1 rings (SSSR count). The summed E-state index contributed by atoms with van der Waals surface area (Å²) >= 11 is 0. The number of ketones is 1. The molecule has 0 bridgehead atoms. The van der Waals surface area contributed by atoms with Gasteiger partial charge in [-0.25, -0.2) is 0 Å². The molecular formula is C10H18O2. The molecule has 0 aliphatic heterocycles. The topological polar surface area (TPSA) is 37.3 Å². The summed E-state index contributed by atoms with van der Waals surface area (Å²) in [6, 6.07) is 0. The quantitative estimate of drug-likeness (QED) is 0.651. The van der Waals surface area contributed by atoms with Gasteiger partial charge < -0.3 is 5.11 Å². The minimum absolute atomic E-state index is 0.168. The fourth-order valence-corrected chi connectivity index (χ4v) is 1.76. The summed E-state index contributed by atoms with van der Waals surface area (Å²) in [7, 11) is 0. The smallest absolute Gasteiger partial charge is 0.136 e. The Hall–Kier alpha value is -0.370. The largest absolute Gasteiger partial charge is 0.390 e. The van der Waals surface area contributed by atoms with Gasteiger partial charge in [-0.05, 0) is 32.6 Å². The van der Waals surface area contributed by atoms with Crippen molar-refractivity contribution in [1.82, 2.24) is 0 Å². The number of Topliss-reactive ketones (excluding diaryl/α,β-unsaturated/α-hetero) is 1. The summed E-state index contributed by atoms with van der Waals surface area (Å²) in [6.45, 7) is 5.56. The van der Waals surface area contributed by atoms with Crippen LogP contribution in [0.15, 0.2) is 0 Å². The van der Waals surface area contributed by atoms with Crippen molar-refractivity contribution < 1.29 is 9.90 Å². The fraction of sp³-hybridized carbons (Fsp3) is 0.900. The number of hydrogen-bond donors (Lipinski definition) is 1. The van der Waals surface area contributed by atoms with Gasteiger partial charge in [-0.2, -0.15) is 0 Å². The predicted molar refractivity (Wildman–Crippen MR) is 47.8 cm³/mol. The van der Waals surface area contributed by atoms with Crippen molar-refractivity contribution in [2.24, 2.45) is 11.8 Å². The molecule has 2 nitrogen and oxygen atoms in total. The van der Waals surface area contributed by atoms with Gasteiger partial charge >= 0.3 is 0 Å². The van der Waals surface area contributed by atoms with Crippen LogP contribution in [0.5, 0.6) is 0 Å². The van der Waals surface area contributed by atoms with E-state index in [0.717, 1.165) is 12.8 Å². The zero-order valence-corrected chi connectivity index (χ0v) is 8.13. The van der Waals surface area contributed by atoms with E-state index in [4.69, 9.17) is 0 Å². The summed E-state index contributed by atoms with van der Waals surface area (Å²) < 4.78 is 0. The molecule has 0 radical (unpaired) electrons. The van der Waals surface area contributed by atoms with Crippen LogP contribution in [0.2, 0.25) is 0 Å². The van der Waals surface area contributed by atoms with E-state index in [2.05, 4.69) is 0 Å². The summed E-state index contributed by atoms with van der Waals surface area (Å²) in [6.07, 6.45) is 2.48. The Morgan fingerprint density at radius 1 is 1.42 bits per heavy atom. The van der Waals surface area contributed by atoms with Crippen LogP contribution in [0, 0.1) is 11.8 Å². The lowest BCUT2D eigenvalue weighted by Crippen LogP contribution is -2.37. The third-order valence-electron chi connectivity index (χ3n) is 2.94. The van der Waals surface area contributed by atoms with Crippen LogP contribution in [0.3, 0.4) is 0 Å². The minimum atomic E-state index is -0.685. The number of carbonyl (C=O) groups excluding carboxylic acids is 1. The molecule has 0 spiro atoms. The summed E-state index contributed by atoms with van der Waals surface area (Å²) in [4.78, 5) is 11.3. The fourth-order valence-electron chi connectivity index (χ4n) is 1.76. The van der Waals surface area contributed by atoms with E-state index in [1.54, 1.807) is 13.8 Å². The first-order chi connectivity index (χ1) is 5.41. The van der Waals surface area contributed by atoms with Crippen molar-refractivity contribution in [3.8, 4) is 0 Å². The molecular weight excluding hydrogens is 152 g/mol. The molecule has 0 heterocycles. The zero-order chi connectivity index (χ0) is 9.35. The number of aliphatic hydroxyl groups is 1. The zero-order valence-electron chi connectivity index (χ0n) is 8.13. The molecule has 0 aromatic carbocycles. The Bertz CT molecular complexity index is 179.